The molecule has 10 nitrogen and oxygen atoms in total. The first-order valence-corrected chi connectivity index (χ1v) is 7.24. The van der Waals surface area contributed by atoms with Gasteiger partial charge in [-0.25, -0.2) is 4.79 Å². The minimum absolute atomic E-state index is 0.0184. The summed E-state index contributed by atoms with van der Waals surface area (Å²) in [5.74, 6) is 0.344. The maximum absolute atomic E-state index is 12.2. The van der Waals surface area contributed by atoms with Crippen molar-refractivity contribution in [1.82, 2.24) is 24.8 Å². The summed E-state index contributed by atoms with van der Waals surface area (Å²) in [6.07, 6.45) is 4.00. The molecule has 1 N–H and O–H groups in total. The van der Waals surface area contributed by atoms with E-state index in [-0.39, 0.29) is 18.5 Å². The number of nitrogens with one attached hydrogen (secondary N) is 1. The molecular weight excluding hydrogens is 302 g/mol. The van der Waals surface area contributed by atoms with Gasteiger partial charge >= 0.3 is 12.0 Å². The predicted molar refractivity (Wildman–Crippen MR) is 79.8 cm³/mol. The molecule has 10 heteroatoms. The van der Waals surface area contributed by atoms with Crippen LogP contribution in [0, 0.1) is 0 Å². The molecule has 2 aromatic heterocycles. The molecule has 3 amide bonds. The summed E-state index contributed by atoms with van der Waals surface area (Å²) in [6, 6.07) is -0.399. The molecule has 2 aromatic rings. The minimum atomic E-state index is -0.435. The van der Waals surface area contributed by atoms with Crippen LogP contribution in [0.2, 0.25) is 0 Å². The fraction of sp³-hybridized carbons (Fsp3) is 0.462. The lowest BCUT2D eigenvalue weighted by Gasteiger charge is -2.33. The summed E-state index contributed by atoms with van der Waals surface area (Å²) in [6.45, 7) is 2.67. The summed E-state index contributed by atoms with van der Waals surface area (Å²) in [7, 11) is 1.78. The smallest absolute Gasteiger partial charge is 0.315 e. The number of hydrogen-bond donors (Lipinski definition) is 1. The molecule has 122 valence electrons. The fourth-order valence-electron chi connectivity index (χ4n) is 2.29. The number of urea groups is 1. The molecule has 3 rings (SSSR count). The van der Waals surface area contributed by atoms with Gasteiger partial charge < -0.3 is 14.3 Å². The van der Waals surface area contributed by atoms with Crippen LogP contribution < -0.4 is 10.2 Å². The highest BCUT2D eigenvalue weighted by atomic mass is 16.5. The van der Waals surface area contributed by atoms with Crippen LogP contribution in [0.5, 0.6) is 0 Å². The Bertz CT molecular complexity index is 723. The summed E-state index contributed by atoms with van der Waals surface area (Å²) in [4.78, 5) is 31.4. The average Bonchev–Trinajstić information content (AvgIpc) is 3.16. The molecule has 0 radical (unpaired) electrons. The molecule has 1 aliphatic heterocycles. The number of rotatable bonds is 3. The maximum atomic E-state index is 12.2. The van der Waals surface area contributed by atoms with Crippen molar-refractivity contribution in [1.29, 1.82) is 0 Å². The van der Waals surface area contributed by atoms with Gasteiger partial charge in [-0.2, -0.15) is 10.1 Å². The first kappa shape index (κ1) is 15.0. The molecule has 23 heavy (non-hydrogen) atoms. The second-order valence-electron chi connectivity index (χ2n) is 5.14. The van der Waals surface area contributed by atoms with E-state index in [9.17, 15) is 9.59 Å². The molecule has 0 bridgehead atoms. The van der Waals surface area contributed by atoms with Crippen molar-refractivity contribution in [3.05, 3.63) is 18.2 Å². The maximum Gasteiger partial charge on any atom is 0.329 e. The Morgan fingerprint density at radius 1 is 1.43 bits per heavy atom. The van der Waals surface area contributed by atoms with E-state index < -0.39 is 6.03 Å². The zero-order valence-electron chi connectivity index (χ0n) is 12.9. The first-order chi connectivity index (χ1) is 11.1. The third-order valence-corrected chi connectivity index (χ3v) is 3.51. The van der Waals surface area contributed by atoms with E-state index >= 15 is 0 Å². The van der Waals surface area contributed by atoms with E-state index in [0.29, 0.717) is 25.3 Å². The molecule has 0 saturated carbocycles. The van der Waals surface area contributed by atoms with Crippen molar-refractivity contribution in [2.45, 2.75) is 13.3 Å². The lowest BCUT2D eigenvalue weighted by Crippen LogP contribution is -2.53. The van der Waals surface area contributed by atoms with E-state index in [2.05, 4.69) is 20.6 Å². The lowest BCUT2D eigenvalue weighted by atomic mass is 10.3. The van der Waals surface area contributed by atoms with Gasteiger partial charge in [0.2, 0.25) is 5.91 Å². The molecule has 0 aromatic carbocycles. The normalized spacial score (nSPS) is 15.1. The van der Waals surface area contributed by atoms with Gasteiger partial charge in [0.15, 0.2) is 5.82 Å². The van der Waals surface area contributed by atoms with Gasteiger partial charge in [0, 0.05) is 32.8 Å². The Morgan fingerprint density at radius 3 is 2.87 bits per heavy atom. The van der Waals surface area contributed by atoms with Crippen LogP contribution in [0.25, 0.3) is 0 Å². The third-order valence-electron chi connectivity index (χ3n) is 3.51. The number of hydrogen-bond acceptors (Lipinski definition) is 6. The summed E-state index contributed by atoms with van der Waals surface area (Å²) >= 11 is 0. The second kappa shape index (κ2) is 6.07. The van der Waals surface area contributed by atoms with E-state index in [4.69, 9.17) is 4.52 Å². The lowest BCUT2D eigenvalue weighted by molar-refractivity contribution is -0.120. The quantitative estimate of drug-likeness (QED) is 0.868. The van der Waals surface area contributed by atoms with Gasteiger partial charge in [-0.1, -0.05) is 12.1 Å². The number of aromatic nitrogens is 4. The number of piperazine rings is 1. The van der Waals surface area contributed by atoms with Gasteiger partial charge in [-0.05, 0) is 0 Å². The molecule has 1 saturated heterocycles. The van der Waals surface area contributed by atoms with Gasteiger partial charge in [0.25, 0.3) is 0 Å². The third kappa shape index (κ3) is 3.15. The molecule has 0 atom stereocenters. The number of aryl methyl sites for hydroxylation is 2. The van der Waals surface area contributed by atoms with Gasteiger partial charge in [0.05, 0.1) is 11.9 Å². The van der Waals surface area contributed by atoms with Crippen molar-refractivity contribution in [3.8, 4) is 0 Å². The monoisotopic (exact) mass is 319 g/mol. The Balaban J connectivity index is 1.60. The average molecular weight is 319 g/mol. The Morgan fingerprint density at radius 2 is 2.26 bits per heavy atom. The number of nitrogens with zero attached hydrogens (tertiary/aromatic N) is 6. The van der Waals surface area contributed by atoms with Crippen LogP contribution >= 0.6 is 0 Å². The Labute approximate surface area is 132 Å². The topological polar surface area (TPSA) is 109 Å². The minimum Gasteiger partial charge on any atom is -0.315 e. The summed E-state index contributed by atoms with van der Waals surface area (Å²) in [5.41, 5.74) is 0.724. The zero-order valence-corrected chi connectivity index (χ0v) is 12.9. The summed E-state index contributed by atoms with van der Waals surface area (Å²) < 4.78 is 6.54. The van der Waals surface area contributed by atoms with Crippen LogP contribution in [-0.4, -0.2) is 56.4 Å². The van der Waals surface area contributed by atoms with Crippen molar-refractivity contribution in [2.24, 2.45) is 7.05 Å². The first-order valence-electron chi connectivity index (χ1n) is 7.24. The Hall–Kier alpha value is -2.91. The Kier molecular flexibility index (Phi) is 3.96. The summed E-state index contributed by atoms with van der Waals surface area (Å²) in [5, 5.41) is 10.3. The molecule has 0 aliphatic carbocycles. The highest BCUT2D eigenvalue weighted by molar-refractivity contribution is 5.99. The molecule has 0 spiro atoms. The largest absolute Gasteiger partial charge is 0.329 e. The van der Waals surface area contributed by atoms with Crippen LogP contribution in [0.3, 0.4) is 0 Å². The molecule has 3 heterocycles. The van der Waals surface area contributed by atoms with E-state index in [1.54, 1.807) is 29.0 Å². The highest BCUT2D eigenvalue weighted by Gasteiger charge is 2.29. The van der Waals surface area contributed by atoms with E-state index in [0.717, 1.165) is 5.69 Å². The van der Waals surface area contributed by atoms with Crippen LogP contribution in [-0.2, 0) is 18.3 Å². The molecule has 0 unspecified atom stereocenters. The van der Waals surface area contributed by atoms with Crippen molar-refractivity contribution >= 4 is 23.6 Å². The number of carbonyl (C=O) groups is 2. The number of amides is 3. The van der Waals surface area contributed by atoms with E-state index in [1.165, 1.54) is 4.90 Å². The van der Waals surface area contributed by atoms with Crippen molar-refractivity contribution < 1.29 is 14.1 Å². The van der Waals surface area contributed by atoms with E-state index in [1.807, 2.05) is 6.92 Å². The second-order valence-corrected chi connectivity index (χ2v) is 5.14. The van der Waals surface area contributed by atoms with Gasteiger partial charge in [-0.15, -0.1) is 0 Å². The van der Waals surface area contributed by atoms with Crippen LogP contribution in [0.4, 0.5) is 16.5 Å². The zero-order chi connectivity index (χ0) is 16.4. The fourth-order valence-corrected chi connectivity index (χ4v) is 2.29. The molecule has 1 fully saturated rings. The molecular formula is C13H17N7O3. The standard InChI is InChI=1S/C13H17N7O3/c1-3-10-15-12(23-17-10)16-13(22)19-4-5-20(11(21)8-19)9-6-14-18(2)7-9/h6-7H,3-5,8H2,1-2H3,(H,15,16,17,22). The van der Waals surface area contributed by atoms with Crippen molar-refractivity contribution in [2.75, 3.05) is 29.9 Å². The SMILES string of the molecule is CCc1noc(NC(=O)N2CCN(c3cnn(C)c3)C(=O)C2)n1. The van der Waals surface area contributed by atoms with Crippen LogP contribution in [0.15, 0.2) is 16.9 Å². The van der Waals surface area contributed by atoms with Crippen LogP contribution in [0.1, 0.15) is 12.7 Å². The van der Waals surface area contributed by atoms with Crippen molar-refractivity contribution in [3.63, 3.8) is 0 Å². The predicted octanol–water partition coefficient (Wildman–Crippen LogP) is 0.246. The molecule has 1 aliphatic rings. The number of carbonyl (C=O) groups excluding carboxylic acids is 2. The highest BCUT2D eigenvalue weighted by Crippen LogP contribution is 2.16. The van der Waals surface area contributed by atoms with Gasteiger partial charge in [-0.3, -0.25) is 14.8 Å². The van der Waals surface area contributed by atoms with Gasteiger partial charge in [0.1, 0.15) is 6.54 Å². The number of anilines is 2.